The molecule has 4 rings (SSSR count). The first kappa shape index (κ1) is 15.3. The third-order valence-corrected chi connectivity index (χ3v) is 5.84. The lowest BCUT2D eigenvalue weighted by Crippen LogP contribution is -2.14. The fraction of sp³-hybridized carbons (Fsp3) is 0.0625. The van der Waals surface area contributed by atoms with E-state index in [4.69, 9.17) is 16.3 Å². The Bertz CT molecular complexity index is 1130. The van der Waals surface area contributed by atoms with Gasteiger partial charge in [-0.1, -0.05) is 29.8 Å². The van der Waals surface area contributed by atoms with Crippen molar-refractivity contribution in [3.8, 4) is 0 Å². The Morgan fingerprint density at radius 1 is 1.33 bits per heavy atom. The summed E-state index contributed by atoms with van der Waals surface area (Å²) in [6, 6.07) is 8.87. The number of fused-ring (bicyclic) bond motifs is 2. The Kier molecular flexibility index (Phi) is 3.84. The van der Waals surface area contributed by atoms with Crippen LogP contribution in [0.25, 0.3) is 15.0 Å². The second-order valence-electron chi connectivity index (χ2n) is 4.96. The van der Waals surface area contributed by atoms with Crippen LogP contribution in [0.5, 0.6) is 0 Å². The Balaban J connectivity index is 1.59. The van der Waals surface area contributed by atoms with Crippen molar-refractivity contribution >= 4 is 55.3 Å². The largest absolute Gasteiger partial charge is 0.455 e. The van der Waals surface area contributed by atoms with E-state index in [-0.39, 0.29) is 12.2 Å². The van der Waals surface area contributed by atoms with E-state index in [1.54, 1.807) is 11.6 Å². The first-order chi connectivity index (χ1) is 11.6. The minimum Gasteiger partial charge on any atom is -0.455 e. The van der Waals surface area contributed by atoms with Gasteiger partial charge >= 0.3 is 5.97 Å². The van der Waals surface area contributed by atoms with E-state index < -0.39 is 5.97 Å². The monoisotopic (exact) mass is 376 g/mol. The van der Waals surface area contributed by atoms with Crippen molar-refractivity contribution in [1.82, 2.24) is 9.38 Å². The summed E-state index contributed by atoms with van der Waals surface area (Å²) in [4.78, 5) is 29.4. The number of carbonyl (C=O) groups is 1. The SMILES string of the molecule is O=C(OCc1cc(=O)n2ccsc2n1)c1sc2ccccc2c1Cl. The lowest BCUT2D eigenvalue weighted by atomic mass is 10.2. The molecular formula is C16H9ClN2O3S2. The van der Waals surface area contributed by atoms with Gasteiger partial charge in [-0.2, -0.15) is 0 Å². The van der Waals surface area contributed by atoms with Gasteiger partial charge in [-0.25, -0.2) is 9.78 Å². The van der Waals surface area contributed by atoms with Gasteiger partial charge in [-0.3, -0.25) is 9.20 Å². The van der Waals surface area contributed by atoms with E-state index in [9.17, 15) is 9.59 Å². The third-order valence-electron chi connectivity index (χ3n) is 3.43. The summed E-state index contributed by atoms with van der Waals surface area (Å²) in [5.41, 5.74) is 0.209. The van der Waals surface area contributed by atoms with Crippen molar-refractivity contribution in [3.05, 3.63) is 67.9 Å². The van der Waals surface area contributed by atoms with Gasteiger partial charge in [0.15, 0.2) is 4.96 Å². The Labute approximate surface area is 148 Å². The van der Waals surface area contributed by atoms with Crippen LogP contribution in [0, 0.1) is 0 Å². The van der Waals surface area contributed by atoms with E-state index in [1.165, 1.54) is 33.1 Å². The molecule has 0 aliphatic rings. The van der Waals surface area contributed by atoms with E-state index >= 15 is 0 Å². The predicted octanol–water partition coefficient (Wildman–Crippen LogP) is 3.98. The molecule has 120 valence electrons. The average Bonchev–Trinajstić information content (AvgIpc) is 3.18. The highest BCUT2D eigenvalue weighted by molar-refractivity contribution is 7.21. The maximum Gasteiger partial charge on any atom is 0.350 e. The van der Waals surface area contributed by atoms with Gasteiger partial charge in [0.2, 0.25) is 0 Å². The summed E-state index contributed by atoms with van der Waals surface area (Å²) in [6.07, 6.45) is 1.65. The summed E-state index contributed by atoms with van der Waals surface area (Å²) in [5.74, 6) is -0.519. The molecule has 0 unspecified atom stereocenters. The molecule has 0 spiro atoms. The number of hydrogen-bond donors (Lipinski definition) is 0. The molecule has 0 fully saturated rings. The number of thiazole rings is 1. The van der Waals surface area contributed by atoms with Gasteiger partial charge in [0.05, 0.1) is 10.7 Å². The summed E-state index contributed by atoms with van der Waals surface area (Å²) >= 11 is 8.89. The van der Waals surface area contributed by atoms with Gasteiger partial charge in [-0.15, -0.1) is 22.7 Å². The zero-order valence-electron chi connectivity index (χ0n) is 12.1. The first-order valence-corrected chi connectivity index (χ1v) is 9.01. The topological polar surface area (TPSA) is 60.7 Å². The van der Waals surface area contributed by atoms with E-state index in [2.05, 4.69) is 4.98 Å². The van der Waals surface area contributed by atoms with E-state index in [1.807, 2.05) is 24.3 Å². The van der Waals surface area contributed by atoms with Crippen LogP contribution in [0.2, 0.25) is 5.02 Å². The molecule has 0 N–H and O–H groups in total. The molecule has 5 nitrogen and oxygen atoms in total. The van der Waals surface area contributed by atoms with Crippen LogP contribution in [0.1, 0.15) is 15.4 Å². The lowest BCUT2D eigenvalue weighted by molar-refractivity contribution is 0.0474. The van der Waals surface area contributed by atoms with Crippen molar-refractivity contribution < 1.29 is 9.53 Å². The summed E-state index contributed by atoms with van der Waals surface area (Å²) in [5, 5.41) is 2.99. The zero-order chi connectivity index (χ0) is 16.7. The highest BCUT2D eigenvalue weighted by atomic mass is 35.5. The Hall–Kier alpha value is -2.22. The number of halogens is 1. The molecule has 8 heteroatoms. The van der Waals surface area contributed by atoms with Crippen molar-refractivity contribution in [2.75, 3.05) is 0 Å². The van der Waals surface area contributed by atoms with E-state index in [0.29, 0.717) is 20.6 Å². The molecule has 0 saturated carbocycles. The highest BCUT2D eigenvalue weighted by Gasteiger charge is 2.18. The molecule has 4 aromatic rings. The predicted molar refractivity (Wildman–Crippen MR) is 95.3 cm³/mol. The molecule has 24 heavy (non-hydrogen) atoms. The molecule has 3 heterocycles. The quantitative estimate of drug-likeness (QED) is 0.507. The molecule has 0 aliphatic heterocycles. The van der Waals surface area contributed by atoms with Crippen LogP contribution < -0.4 is 5.56 Å². The van der Waals surface area contributed by atoms with Crippen molar-refractivity contribution in [1.29, 1.82) is 0 Å². The molecule has 1 aromatic carbocycles. The number of aromatic nitrogens is 2. The third kappa shape index (κ3) is 2.60. The number of thiophene rings is 1. The van der Waals surface area contributed by atoms with Crippen LogP contribution >= 0.6 is 34.3 Å². The van der Waals surface area contributed by atoms with Gasteiger partial charge in [0, 0.05) is 27.7 Å². The molecule has 0 aliphatic carbocycles. The molecular weight excluding hydrogens is 368 g/mol. The lowest BCUT2D eigenvalue weighted by Gasteiger charge is -2.03. The minimum absolute atomic E-state index is 0.0763. The fourth-order valence-corrected chi connectivity index (χ4v) is 4.45. The van der Waals surface area contributed by atoms with Gasteiger partial charge in [0.1, 0.15) is 11.5 Å². The van der Waals surface area contributed by atoms with Crippen LogP contribution in [0.15, 0.2) is 46.7 Å². The maximum absolute atomic E-state index is 12.3. The Morgan fingerprint density at radius 3 is 3.00 bits per heavy atom. The summed E-state index contributed by atoms with van der Waals surface area (Å²) in [6.45, 7) is -0.0763. The maximum atomic E-state index is 12.3. The second-order valence-corrected chi connectivity index (χ2v) is 7.26. The number of esters is 1. The normalized spacial score (nSPS) is 11.2. The van der Waals surface area contributed by atoms with Crippen LogP contribution in [-0.2, 0) is 11.3 Å². The summed E-state index contributed by atoms with van der Waals surface area (Å²) in [7, 11) is 0. The van der Waals surface area contributed by atoms with Crippen molar-refractivity contribution in [2.24, 2.45) is 0 Å². The van der Waals surface area contributed by atoms with Crippen LogP contribution in [0.3, 0.4) is 0 Å². The van der Waals surface area contributed by atoms with Gasteiger partial charge in [0.25, 0.3) is 5.56 Å². The minimum atomic E-state index is -0.519. The molecule has 3 aromatic heterocycles. The van der Waals surface area contributed by atoms with E-state index in [0.717, 1.165) is 10.1 Å². The number of rotatable bonds is 3. The van der Waals surface area contributed by atoms with Gasteiger partial charge < -0.3 is 4.74 Å². The molecule has 0 saturated heterocycles. The smallest absolute Gasteiger partial charge is 0.350 e. The highest BCUT2D eigenvalue weighted by Crippen LogP contribution is 2.35. The van der Waals surface area contributed by atoms with Crippen molar-refractivity contribution in [3.63, 3.8) is 0 Å². The Morgan fingerprint density at radius 2 is 2.17 bits per heavy atom. The number of hydrogen-bond acceptors (Lipinski definition) is 6. The summed E-state index contributed by atoms with van der Waals surface area (Å²) < 4.78 is 7.65. The molecule has 0 atom stereocenters. The number of carbonyl (C=O) groups excluding carboxylic acids is 1. The fourth-order valence-electron chi connectivity index (χ4n) is 2.31. The molecule has 0 bridgehead atoms. The standard InChI is InChI=1S/C16H9ClN2O3S2/c17-13-10-3-1-2-4-11(10)24-14(13)15(21)22-8-9-7-12(20)19-5-6-23-16(19)18-9/h1-7H,8H2. The van der Waals surface area contributed by atoms with Crippen LogP contribution in [0.4, 0.5) is 0 Å². The first-order valence-electron chi connectivity index (χ1n) is 6.93. The number of nitrogens with zero attached hydrogens (tertiary/aromatic N) is 2. The zero-order valence-corrected chi connectivity index (χ0v) is 14.5. The molecule has 0 radical (unpaired) electrons. The van der Waals surface area contributed by atoms with Gasteiger partial charge in [-0.05, 0) is 6.07 Å². The number of ether oxygens (including phenoxy) is 1. The second kappa shape index (κ2) is 6.01. The number of benzene rings is 1. The average molecular weight is 377 g/mol. The van der Waals surface area contributed by atoms with Crippen LogP contribution in [-0.4, -0.2) is 15.4 Å². The molecule has 0 amide bonds. The van der Waals surface area contributed by atoms with Crippen molar-refractivity contribution in [2.45, 2.75) is 6.61 Å².